The van der Waals surface area contributed by atoms with Crippen molar-refractivity contribution in [1.29, 1.82) is 0 Å². The Bertz CT molecular complexity index is 626. The van der Waals surface area contributed by atoms with Gasteiger partial charge >= 0.3 is 5.97 Å². The second kappa shape index (κ2) is 8.54. The molecule has 0 radical (unpaired) electrons. The van der Waals surface area contributed by atoms with E-state index in [1.807, 2.05) is 0 Å². The first-order valence-electron chi connectivity index (χ1n) is 8.18. The van der Waals surface area contributed by atoms with Gasteiger partial charge < -0.3 is 19.5 Å². The molecule has 2 rings (SSSR count). The minimum atomic E-state index is -0.999. The fraction of sp³-hybridized carbons (Fsp3) is 0.556. The number of amides is 1. The molecule has 6 nitrogen and oxygen atoms in total. The van der Waals surface area contributed by atoms with E-state index in [0.717, 1.165) is 0 Å². The predicted octanol–water partition coefficient (Wildman–Crippen LogP) is 2.51. The molecule has 1 N–H and O–H groups in total. The number of rotatable bonds is 6. The third kappa shape index (κ3) is 4.64. The summed E-state index contributed by atoms with van der Waals surface area (Å²) in [5.74, 6) is -0.141. The number of halogens is 1. The van der Waals surface area contributed by atoms with E-state index in [9.17, 15) is 9.59 Å². The van der Waals surface area contributed by atoms with E-state index < -0.39 is 11.5 Å². The fourth-order valence-electron chi connectivity index (χ4n) is 3.24. The number of esters is 1. The molecule has 0 bridgehead atoms. The first-order valence-corrected chi connectivity index (χ1v) is 8.56. The average Bonchev–Trinajstić information content (AvgIpc) is 2.62. The predicted molar refractivity (Wildman–Crippen MR) is 93.9 cm³/mol. The molecule has 1 amide bonds. The molecular weight excluding hydrogens is 346 g/mol. The number of benzene rings is 1. The summed E-state index contributed by atoms with van der Waals surface area (Å²) in [6.45, 7) is 0. The molecule has 1 saturated carbocycles. The summed E-state index contributed by atoms with van der Waals surface area (Å²) >= 11 is 5.94. The molecule has 0 saturated heterocycles. The minimum Gasteiger partial charge on any atom is -0.496 e. The first kappa shape index (κ1) is 19.5. The molecule has 0 aliphatic heterocycles. The van der Waals surface area contributed by atoms with Gasteiger partial charge in [-0.1, -0.05) is 17.7 Å². The summed E-state index contributed by atoms with van der Waals surface area (Å²) in [5, 5.41) is 3.42. The molecule has 0 unspecified atom stereocenters. The van der Waals surface area contributed by atoms with Gasteiger partial charge in [-0.25, -0.2) is 4.79 Å². The van der Waals surface area contributed by atoms with Gasteiger partial charge in [-0.05, 0) is 37.8 Å². The van der Waals surface area contributed by atoms with Gasteiger partial charge in [0.1, 0.15) is 11.3 Å². The van der Waals surface area contributed by atoms with Crippen LogP contribution in [0.1, 0.15) is 31.2 Å². The van der Waals surface area contributed by atoms with E-state index in [1.54, 1.807) is 25.3 Å². The van der Waals surface area contributed by atoms with Crippen LogP contribution in [0.25, 0.3) is 0 Å². The Morgan fingerprint density at radius 2 is 1.92 bits per heavy atom. The van der Waals surface area contributed by atoms with Crippen LogP contribution in [0, 0.1) is 0 Å². The lowest BCUT2D eigenvalue weighted by molar-refractivity contribution is -0.153. The zero-order chi connectivity index (χ0) is 18.4. The number of hydrogen-bond acceptors (Lipinski definition) is 5. The van der Waals surface area contributed by atoms with Crippen LogP contribution in [0.15, 0.2) is 18.2 Å². The van der Waals surface area contributed by atoms with Crippen LogP contribution in [0.3, 0.4) is 0 Å². The highest BCUT2D eigenvalue weighted by atomic mass is 35.5. The molecule has 0 aromatic heterocycles. The van der Waals surface area contributed by atoms with Crippen LogP contribution < -0.4 is 10.1 Å². The Kier molecular flexibility index (Phi) is 6.67. The number of nitrogens with one attached hydrogen (secondary N) is 1. The van der Waals surface area contributed by atoms with Gasteiger partial charge in [0.15, 0.2) is 0 Å². The number of ether oxygens (including phenoxy) is 3. The van der Waals surface area contributed by atoms with E-state index in [2.05, 4.69) is 5.32 Å². The maximum Gasteiger partial charge on any atom is 0.331 e. The second-order valence-corrected chi connectivity index (χ2v) is 6.63. The van der Waals surface area contributed by atoms with E-state index in [1.165, 1.54) is 14.2 Å². The zero-order valence-corrected chi connectivity index (χ0v) is 15.5. The number of carbonyl (C=O) groups is 2. The zero-order valence-electron chi connectivity index (χ0n) is 14.8. The van der Waals surface area contributed by atoms with Gasteiger partial charge in [0.05, 0.1) is 26.7 Å². The summed E-state index contributed by atoms with van der Waals surface area (Å²) < 4.78 is 15.5. The Morgan fingerprint density at radius 1 is 1.24 bits per heavy atom. The fourth-order valence-corrected chi connectivity index (χ4v) is 3.41. The van der Waals surface area contributed by atoms with Crippen molar-refractivity contribution < 1.29 is 23.8 Å². The van der Waals surface area contributed by atoms with Crippen LogP contribution in [0.5, 0.6) is 5.75 Å². The summed E-state index contributed by atoms with van der Waals surface area (Å²) in [7, 11) is 4.51. The summed E-state index contributed by atoms with van der Waals surface area (Å²) in [4.78, 5) is 24.9. The van der Waals surface area contributed by atoms with Crippen molar-refractivity contribution >= 4 is 23.5 Å². The molecule has 0 heterocycles. The maximum atomic E-state index is 12.6. The molecule has 25 heavy (non-hydrogen) atoms. The van der Waals surface area contributed by atoms with Gasteiger partial charge in [-0.15, -0.1) is 0 Å². The smallest absolute Gasteiger partial charge is 0.331 e. The van der Waals surface area contributed by atoms with Crippen LogP contribution in [-0.2, 0) is 25.5 Å². The average molecular weight is 370 g/mol. The second-order valence-electron chi connectivity index (χ2n) is 6.19. The monoisotopic (exact) mass is 369 g/mol. The molecule has 1 fully saturated rings. The van der Waals surface area contributed by atoms with Crippen LogP contribution in [0.4, 0.5) is 0 Å². The molecule has 1 aliphatic rings. The van der Waals surface area contributed by atoms with E-state index in [-0.39, 0.29) is 18.4 Å². The third-order valence-electron chi connectivity index (χ3n) is 4.67. The van der Waals surface area contributed by atoms with Crippen molar-refractivity contribution in [2.24, 2.45) is 0 Å². The van der Waals surface area contributed by atoms with Crippen molar-refractivity contribution in [3.8, 4) is 5.75 Å². The van der Waals surface area contributed by atoms with Crippen molar-refractivity contribution in [3.63, 3.8) is 0 Å². The maximum absolute atomic E-state index is 12.6. The Hall–Kier alpha value is -1.79. The molecule has 1 aromatic rings. The van der Waals surface area contributed by atoms with Crippen LogP contribution in [0.2, 0.25) is 5.02 Å². The number of methoxy groups -OCH3 is 3. The quantitative estimate of drug-likeness (QED) is 0.780. The largest absolute Gasteiger partial charge is 0.496 e. The van der Waals surface area contributed by atoms with Crippen molar-refractivity contribution in [3.05, 3.63) is 28.8 Å². The summed E-state index contributed by atoms with van der Waals surface area (Å²) in [5.41, 5.74) is -0.296. The van der Waals surface area contributed by atoms with Gasteiger partial charge in [0.2, 0.25) is 5.91 Å². The molecule has 0 spiro atoms. The van der Waals surface area contributed by atoms with Gasteiger partial charge in [0.25, 0.3) is 0 Å². The Balaban J connectivity index is 2.11. The molecule has 1 aromatic carbocycles. The Morgan fingerprint density at radius 3 is 2.48 bits per heavy atom. The number of hydrogen-bond donors (Lipinski definition) is 1. The lowest BCUT2D eigenvalue weighted by Crippen LogP contribution is -2.57. The van der Waals surface area contributed by atoms with Crippen LogP contribution in [-0.4, -0.2) is 44.8 Å². The third-order valence-corrected chi connectivity index (χ3v) is 4.91. The standard InChI is InChI=1S/C18H24ClNO5/c1-23-14-6-8-18(9-7-14,17(22)25-3)20-16(21)10-12-4-5-13(19)11-15(12)24-2/h4-5,11,14H,6-10H2,1-3H3,(H,20,21). The SMILES string of the molecule is COC(=O)C1(NC(=O)Cc2ccc(Cl)cc2OC)CCC(OC)CC1. The van der Waals surface area contributed by atoms with E-state index in [4.69, 9.17) is 25.8 Å². The van der Waals surface area contributed by atoms with Crippen molar-refractivity contribution in [2.75, 3.05) is 21.3 Å². The van der Waals surface area contributed by atoms with Gasteiger partial charge in [-0.2, -0.15) is 0 Å². The van der Waals surface area contributed by atoms with Crippen molar-refractivity contribution in [2.45, 2.75) is 43.7 Å². The van der Waals surface area contributed by atoms with Gasteiger partial charge in [0, 0.05) is 17.7 Å². The van der Waals surface area contributed by atoms with Crippen molar-refractivity contribution in [1.82, 2.24) is 5.32 Å². The minimum absolute atomic E-state index is 0.0901. The highest BCUT2D eigenvalue weighted by Gasteiger charge is 2.44. The molecule has 7 heteroatoms. The Labute approximate surface area is 152 Å². The first-order chi connectivity index (χ1) is 11.9. The van der Waals surface area contributed by atoms with Gasteiger partial charge in [-0.3, -0.25) is 4.79 Å². The summed E-state index contributed by atoms with van der Waals surface area (Å²) in [6, 6.07) is 5.10. The lowest BCUT2D eigenvalue weighted by atomic mass is 9.80. The lowest BCUT2D eigenvalue weighted by Gasteiger charge is -2.37. The molecule has 1 aliphatic carbocycles. The van der Waals surface area contributed by atoms with E-state index >= 15 is 0 Å². The summed E-state index contributed by atoms with van der Waals surface area (Å²) in [6.07, 6.45) is 2.55. The highest BCUT2D eigenvalue weighted by molar-refractivity contribution is 6.30. The molecule has 0 atom stereocenters. The number of carbonyl (C=O) groups excluding carboxylic acids is 2. The topological polar surface area (TPSA) is 73.9 Å². The normalized spacial score (nSPS) is 23.0. The highest BCUT2D eigenvalue weighted by Crippen LogP contribution is 2.31. The van der Waals surface area contributed by atoms with E-state index in [0.29, 0.717) is 42.0 Å². The van der Waals surface area contributed by atoms with Crippen LogP contribution >= 0.6 is 11.6 Å². The molecule has 138 valence electrons. The molecular formula is C18H24ClNO5.